The zero-order valence-electron chi connectivity index (χ0n) is 12.0. The average Bonchev–Trinajstić information content (AvgIpc) is 2.90. The van der Waals surface area contributed by atoms with Gasteiger partial charge in [0.25, 0.3) is 0 Å². The standard InChI is InChI=1S/C13H19N3O4S/c1-20-11-7-12(16(9-11)21(2,18)19)13(17)15-8-10-5-3-4-6-14-10/h3-6,11-12H,7-9H2,1-2H3,(H,15,17)/t11-,12+/m0/s1. The number of rotatable bonds is 5. The number of pyridine rings is 1. The predicted octanol–water partition coefficient (Wildman–Crippen LogP) is -0.253. The van der Waals surface area contributed by atoms with Gasteiger partial charge in [0.1, 0.15) is 6.04 Å². The van der Waals surface area contributed by atoms with Crippen molar-refractivity contribution in [2.24, 2.45) is 0 Å². The van der Waals surface area contributed by atoms with Gasteiger partial charge in [0, 0.05) is 26.3 Å². The molecule has 0 aliphatic carbocycles. The first-order valence-electron chi connectivity index (χ1n) is 6.59. The third-order valence-electron chi connectivity index (χ3n) is 3.45. The lowest BCUT2D eigenvalue weighted by Crippen LogP contribution is -2.45. The van der Waals surface area contributed by atoms with Crippen LogP contribution in [-0.4, -0.2) is 55.7 Å². The lowest BCUT2D eigenvalue weighted by Gasteiger charge is -2.20. The van der Waals surface area contributed by atoms with E-state index in [1.807, 2.05) is 6.07 Å². The van der Waals surface area contributed by atoms with Gasteiger partial charge in [-0.2, -0.15) is 4.31 Å². The van der Waals surface area contributed by atoms with Gasteiger partial charge in [-0.3, -0.25) is 9.78 Å². The molecule has 0 aromatic carbocycles. The van der Waals surface area contributed by atoms with Crippen LogP contribution < -0.4 is 5.32 Å². The highest BCUT2D eigenvalue weighted by Crippen LogP contribution is 2.22. The zero-order valence-corrected chi connectivity index (χ0v) is 12.8. The van der Waals surface area contributed by atoms with Crippen LogP contribution in [0.3, 0.4) is 0 Å². The molecule has 1 amide bonds. The van der Waals surface area contributed by atoms with E-state index in [1.54, 1.807) is 18.3 Å². The molecule has 7 nitrogen and oxygen atoms in total. The number of hydrogen-bond donors (Lipinski definition) is 1. The van der Waals surface area contributed by atoms with Gasteiger partial charge in [-0.25, -0.2) is 8.42 Å². The molecule has 2 rings (SSSR count). The molecule has 0 unspecified atom stereocenters. The van der Waals surface area contributed by atoms with Crippen LogP contribution >= 0.6 is 0 Å². The minimum atomic E-state index is -3.45. The van der Waals surface area contributed by atoms with Crippen molar-refractivity contribution in [3.8, 4) is 0 Å². The van der Waals surface area contributed by atoms with Crippen LogP contribution in [0.1, 0.15) is 12.1 Å². The molecule has 2 heterocycles. The maximum atomic E-state index is 12.2. The van der Waals surface area contributed by atoms with E-state index < -0.39 is 16.1 Å². The second-order valence-electron chi connectivity index (χ2n) is 4.98. The molecule has 0 bridgehead atoms. The minimum absolute atomic E-state index is 0.205. The Bertz CT molecular complexity index is 591. The summed E-state index contributed by atoms with van der Waals surface area (Å²) in [4.78, 5) is 16.3. The van der Waals surface area contributed by atoms with E-state index in [-0.39, 0.29) is 25.1 Å². The number of nitrogens with one attached hydrogen (secondary N) is 1. The number of sulfonamides is 1. The summed E-state index contributed by atoms with van der Waals surface area (Å²) in [5.41, 5.74) is 0.720. The lowest BCUT2D eigenvalue weighted by atomic mass is 10.2. The molecule has 1 saturated heterocycles. The summed E-state index contributed by atoms with van der Waals surface area (Å²) in [6, 6.07) is 4.68. The highest BCUT2D eigenvalue weighted by molar-refractivity contribution is 7.88. The summed E-state index contributed by atoms with van der Waals surface area (Å²) in [6.07, 6.45) is 2.84. The van der Waals surface area contributed by atoms with E-state index in [0.29, 0.717) is 6.42 Å². The zero-order chi connectivity index (χ0) is 15.5. The first-order chi connectivity index (χ1) is 9.91. The topological polar surface area (TPSA) is 88.6 Å². The Kier molecular flexibility index (Phi) is 4.92. The molecule has 1 aliphatic rings. The number of carbonyl (C=O) groups excluding carboxylic acids is 1. The van der Waals surface area contributed by atoms with Crippen LogP contribution in [0.5, 0.6) is 0 Å². The smallest absolute Gasteiger partial charge is 0.238 e. The molecule has 1 aromatic heterocycles. The van der Waals surface area contributed by atoms with E-state index in [0.717, 1.165) is 11.9 Å². The SMILES string of the molecule is CO[C@H]1C[C@H](C(=O)NCc2ccccn2)N(S(C)(=O)=O)C1. The van der Waals surface area contributed by atoms with E-state index in [2.05, 4.69) is 10.3 Å². The monoisotopic (exact) mass is 313 g/mol. The first-order valence-corrected chi connectivity index (χ1v) is 8.44. The third-order valence-corrected chi connectivity index (χ3v) is 4.70. The average molecular weight is 313 g/mol. The Morgan fingerprint density at radius 3 is 2.86 bits per heavy atom. The van der Waals surface area contributed by atoms with E-state index in [4.69, 9.17) is 4.74 Å². The van der Waals surface area contributed by atoms with Gasteiger partial charge < -0.3 is 10.1 Å². The highest BCUT2D eigenvalue weighted by atomic mass is 32.2. The van der Waals surface area contributed by atoms with Gasteiger partial charge in [0.15, 0.2) is 0 Å². The van der Waals surface area contributed by atoms with Crippen LogP contribution in [0.25, 0.3) is 0 Å². The number of amides is 1. The van der Waals surface area contributed by atoms with Crippen LogP contribution in [0.4, 0.5) is 0 Å². The Hall–Kier alpha value is -1.51. The van der Waals surface area contributed by atoms with Gasteiger partial charge in [-0.1, -0.05) is 6.07 Å². The number of nitrogens with zero attached hydrogens (tertiary/aromatic N) is 2. The fourth-order valence-electron chi connectivity index (χ4n) is 2.34. The quantitative estimate of drug-likeness (QED) is 0.809. The summed E-state index contributed by atoms with van der Waals surface area (Å²) in [5, 5.41) is 2.72. The van der Waals surface area contributed by atoms with E-state index in [1.165, 1.54) is 11.4 Å². The van der Waals surface area contributed by atoms with Crippen molar-refractivity contribution in [3.63, 3.8) is 0 Å². The molecule has 2 atom stereocenters. The Morgan fingerprint density at radius 1 is 1.52 bits per heavy atom. The van der Waals surface area contributed by atoms with Crippen LogP contribution in [0, 0.1) is 0 Å². The van der Waals surface area contributed by atoms with Crippen molar-refractivity contribution < 1.29 is 17.9 Å². The summed E-state index contributed by atoms with van der Waals surface area (Å²) in [6.45, 7) is 0.475. The summed E-state index contributed by atoms with van der Waals surface area (Å²) < 4.78 is 29.9. The molecular formula is C13H19N3O4S. The fraction of sp³-hybridized carbons (Fsp3) is 0.538. The molecule has 1 N–H and O–H groups in total. The van der Waals surface area contributed by atoms with E-state index in [9.17, 15) is 13.2 Å². The maximum absolute atomic E-state index is 12.2. The number of ether oxygens (including phenoxy) is 1. The van der Waals surface area contributed by atoms with Crippen LogP contribution in [0.15, 0.2) is 24.4 Å². The molecule has 1 aromatic rings. The van der Waals surface area contributed by atoms with Crippen molar-refractivity contribution in [1.82, 2.24) is 14.6 Å². The number of methoxy groups -OCH3 is 1. The molecular weight excluding hydrogens is 294 g/mol. The molecule has 0 radical (unpaired) electrons. The Morgan fingerprint density at radius 2 is 2.29 bits per heavy atom. The molecule has 8 heteroatoms. The second-order valence-corrected chi connectivity index (χ2v) is 6.92. The molecule has 116 valence electrons. The second kappa shape index (κ2) is 6.50. The van der Waals surface area contributed by atoms with Crippen molar-refractivity contribution in [1.29, 1.82) is 0 Å². The van der Waals surface area contributed by atoms with E-state index >= 15 is 0 Å². The van der Waals surface area contributed by atoms with Crippen molar-refractivity contribution in [2.75, 3.05) is 19.9 Å². The third kappa shape index (κ3) is 3.99. The summed E-state index contributed by atoms with van der Waals surface area (Å²) in [5.74, 6) is -0.328. The highest BCUT2D eigenvalue weighted by Gasteiger charge is 2.41. The maximum Gasteiger partial charge on any atom is 0.238 e. The fourth-order valence-corrected chi connectivity index (χ4v) is 3.42. The summed E-state index contributed by atoms with van der Waals surface area (Å²) in [7, 11) is -1.93. The number of carbonyl (C=O) groups is 1. The van der Waals surface area contributed by atoms with Gasteiger partial charge in [0.05, 0.1) is 24.6 Å². The first kappa shape index (κ1) is 15.9. The molecule has 0 spiro atoms. The minimum Gasteiger partial charge on any atom is -0.380 e. The predicted molar refractivity (Wildman–Crippen MR) is 76.8 cm³/mol. The summed E-state index contributed by atoms with van der Waals surface area (Å²) >= 11 is 0. The van der Waals surface area contributed by atoms with Crippen LogP contribution in [0.2, 0.25) is 0 Å². The molecule has 1 aliphatic heterocycles. The largest absolute Gasteiger partial charge is 0.380 e. The Labute approximate surface area is 124 Å². The molecule has 1 fully saturated rings. The van der Waals surface area contributed by atoms with Gasteiger partial charge in [-0.05, 0) is 12.1 Å². The lowest BCUT2D eigenvalue weighted by molar-refractivity contribution is -0.124. The Balaban J connectivity index is 2.03. The van der Waals surface area contributed by atoms with Crippen LogP contribution in [-0.2, 0) is 26.1 Å². The van der Waals surface area contributed by atoms with Gasteiger partial charge in [0.2, 0.25) is 15.9 Å². The van der Waals surface area contributed by atoms with Crippen molar-refractivity contribution in [2.45, 2.75) is 25.1 Å². The van der Waals surface area contributed by atoms with Gasteiger partial charge in [-0.15, -0.1) is 0 Å². The molecule has 0 saturated carbocycles. The molecule has 21 heavy (non-hydrogen) atoms. The number of hydrogen-bond acceptors (Lipinski definition) is 5. The normalized spacial score (nSPS) is 23.1. The number of aromatic nitrogens is 1. The van der Waals surface area contributed by atoms with Crippen molar-refractivity contribution in [3.05, 3.63) is 30.1 Å². The van der Waals surface area contributed by atoms with Gasteiger partial charge >= 0.3 is 0 Å². The van der Waals surface area contributed by atoms with Crippen molar-refractivity contribution >= 4 is 15.9 Å².